The van der Waals surface area contributed by atoms with Crippen molar-refractivity contribution in [1.82, 2.24) is 15.6 Å². The third-order valence-electron chi connectivity index (χ3n) is 4.86. The molecular weight excluding hydrogens is 457 g/mol. The predicted molar refractivity (Wildman–Crippen MR) is 120 cm³/mol. The van der Waals surface area contributed by atoms with E-state index in [1.165, 1.54) is 25.7 Å². The number of pyridine rings is 1. The molecule has 1 heterocycles. The van der Waals surface area contributed by atoms with Crippen molar-refractivity contribution in [3.8, 4) is 0 Å². The lowest BCUT2D eigenvalue weighted by molar-refractivity contribution is -0.115. The number of amides is 1. The standard InChI is InChI=1S/C19H31N5O2.HI/c1-3-26-12-10-19(8-4-5-9-19)15-23-18(20-2)22-14-17(25)24-16-7-6-11-21-13-16;/h6-7,11,13H,3-5,8-10,12,14-15H2,1-2H3,(H,24,25)(H2,20,22,23);1H. The fraction of sp³-hybridized carbons (Fsp3) is 0.632. The number of anilines is 1. The van der Waals surface area contributed by atoms with Gasteiger partial charge in [-0.3, -0.25) is 14.8 Å². The molecule has 0 spiro atoms. The van der Waals surface area contributed by atoms with E-state index in [0.29, 0.717) is 11.6 Å². The molecule has 7 nitrogen and oxygen atoms in total. The molecule has 1 aromatic heterocycles. The number of nitrogens with zero attached hydrogens (tertiary/aromatic N) is 2. The molecule has 2 rings (SSSR count). The average Bonchev–Trinajstić information content (AvgIpc) is 3.12. The first-order valence-corrected chi connectivity index (χ1v) is 9.39. The Morgan fingerprint density at radius 2 is 2.11 bits per heavy atom. The SMILES string of the molecule is CCOCCC1(CNC(=NC)NCC(=O)Nc2cccnc2)CCCC1.I. The first-order chi connectivity index (χ1) is 12.7. The highest BCUT2D eigenvalue weighted by Crippen LogP contribution is 2.40. The van der Waals surface area contributed by atoms with Crippen LogP contribution in [-0.2, 0) is 9.53 Å². The predicted octanol–water partition coefficient (Wildman–Crippen LogP) is 2.79. The van der Waals surface area contributed by atoms with Crippen LogP contribution in [0.2, 0.25) is 0 Å². The monoisotopic (exact) mass is 489 g/mol. The Bertz CT molecular complexity index is 577. The molecule has 0 saturated heterocycles. The van der Waals surface area contributed by atoms with Gasteiger partial charge in [0.25, 0.3) is 0 Å². The van der Waals surface area contributed by atoms with Gasteiger partial charge in [-0.25, -0.2) is 0 Å². The molecule has 1 amide bonds. The third-order valence-corrected chi connectivity index (χ3v) is 4.86. The Morgan fingerprint density at radius 1 is 1.33 bits per heavy atom. The van der Waals surface area contributed by atoms with Crippen molar-refractivity contribution in [3.63, 3.8) is 0 Å². The van der Waals surface area contributed by atoms with Crippen molar-refractivity contribution in [2.24, 2.45) is 10.4 Å². The van der Waals surface area contributed by atoms with Crippen molar-refractivity contribution in [2.75, 3.05) is 38.7 Å². The Kier molecular flexibility index (Phi) is 11.3. The summed E-state index contributed by atoms with van der Waals surface area (Å²) in [5.41, 5.74) is 0.952. The number of hydrogen-bond donors (Lipinski definition) is 3. The molecule has 1 saturated carbocycles. The lowest BCUT2D eigenvalue weighted by Gasteiger charge is -2.30. The molecule has 0 atom stereocenters. The number of halogens is 1. The summed E-state index contributed by atoms with van der Waals surface area (Å²) in [6, 6.07) is 3.59. The maximum Gasteiger partial charge on any atom is 0.243 e. The highest BCUT2D eigenvalue weighted by Gasteiger charge is 2.33. The van der Waals surface area contributed by atoms with Crippen LogP contribution >= 0.6 is 24.0 Å². The summed E-state index contributed by atoms with van der Waals surface area (Å²) in [7, 11) is 1.72. The van der Waals surface area contributed by atoms with E-state index in [9.17, 15) is 4.79 Å². The molecular formula is C19H32IN5O2. The van der Waals surface area contributed by atoms with E-state index in [-0.39, 0.29) is 41.8 Å². The van der Waals surface area contributed by atoms with Crippen LogP contribution < -0.4 is 16.0 Å². The van der Waals surface area contributed by atoms with Gasteiger partial charge in [-0.15, -0.1) is 24.0 Å². The van der Waals surface area contributed by atoms with Crippen LogP contribution in [0.1, 0.15) is 39.0 Å². The molecule has 0 aliphatic heterocycles. The second kappa shape index (κ2) is 12.9. The zero-order valence-electron chi connectivity index (χ0n) is 16.3. The highest BCUT2D eigenvalue weighted by molar-refractivity contribution is 14.0. The van der Waals surface area contributed by atoms with Gasteiger partial charge in [0.05, 0.1) is 18.4 Å². The molecule has 1 fully saturated rings. The lowest BCUT2D eigenvalue weighted by Crippen LogP contribution is -2.45. The molecule has 152 valence electrons. The van der Waals surface area contributed by atoms with Crippen molar-refractivity contribution < 1.29 is 9.53 Å². The van der Waals surface area contributed by atoms with Crippen LogP contribution in [-0.4, -0.2) is 50.2 Å². The number of hydrogen-bond acceptors (Lipinski definition) is 4. The highest BCUT2D eigenvalue weighted by atomic mass is 127. The summed E-state index contributed by atoms with van der Waals surface area (Å²) >= 11 is 0. The zero-order valence-corrected chi connectivity index (χ0v) is 18.6. The van der Waals surface area contributed by atoms with E-state index >= 15 is 0 Å². The van der Waals surface area contributed by atoms with Gasteiger partial charge in [-0.05, 0) is 43.7 Å². The molecule has 0 radical (unpaired) electrons. The second-order valence-corrected chi connectivity index (χ2v) is 6.72. The zero-order chi connectivity index (χ0) is 18.7. The Labute approximate surface area is 179 Å². The maximum absolute atomic E-state index is 12.0. The number of rotatable bonds is 9. The van der Waals surface area contributed by atoms with E-state index in [1.807, 2.05) is 6.92 Å². The summed E-state index contributed by atoms with van der Waals surface area (Å²) in [6.45, 7) is 4.60. The van der Waals surface area contributed by atoms with Crippen LogP contribution in [0.4, 0.5) is 5.69 Å². The number of guanidine groups is 1. The van der Waals surface area contributed by atoms with Gasteiger partial charge in [0.1, 0.15) is 0 Å². The average molecular weight is 489 g/mol. The topological polar surface area (TPSA) is 87.6 Å². The van der Waals surface area contributed by atoms with Gasteiger partial charge < -0.3 is 20.7 Å². The molecule has 27 heavy (non-hydrogen) atoms. The molecule has 1 aliphatic carbocycles. The van der Waals surface area contributed by atoms with Crippen molar-refractivity contribution in [3.05, 3.63) is 24.5 Å². The first-order valence-electron chi connectivity index (χ1n) is 9.39. The Hall–Kier alpha value is -1.42. The van der Waals surface area contributed by atoms with Crippen LogP contribution in [0, 0.1) is 5.41 Å². The van der Waals surface area contributed by atoms with E-state index in [0.717, 1.165) is 26.2 Å². The summed E-state index contributed by atoms with van der Waals surface area (Å²) in [4.78, 5) is 20.2. The van der Waals surface area contributed by atoms with Crippen LogP contribution in [0.5, 0.6) is 0 Å². The summed E-state index contributed by atoms with van der Waals surface area (Å²) in [6.07, 6.45) is 9.32. The third kappa shape index (κ3) is 8.42. The smallest absolute Gasteiger partial charge is 0.243 e. The van der Waals surface area contributed by atoms with Crippen LogP contribution in [0.15, 0.2) is 29.5 Å². The molecule has 1 aromatic rings. The molecule has 0 aromatic carbocycles. The number of aromatic nitrogens is 1. The minimum absolute atomic E-state index is 0. The normalized spacial score (nSPS) is 15.7. The molecule has 1 aliphatic rings. The molecule has 8 heteroatoms. The maximum atomic E-state index is 12.0. The lowest BCUT2D eigenvalue weighted by atomic mass is 9.83. The second-order valence-electron chi connectivity index (χ2n) is 6.72. The number of carbonyl (C=O) groups is 1. The largest absolute Gasteiger partial charge is 0.382 e. The van der Waals surface area contributed by atoms with E-state index in [2.05, 4.69) is 25.9 Å². The van der Waals surface area contributed by atoms with Crippen molar-refractivity contribution in [2.45, 2.75) is 39.0 Å². The molecule has 3 N–H and O–H groups in total. The number of ether oxygens (including phenoxy) is 1. The number of nitrogens with one attached hydrogen (secondary N) is 3. The minimum atomic E-state index is -0.132. The van der Waals surface area contributed by atoms with Gasteiger partial charge in [0.15, 0.2) is 5.96 Å². The van der Waals surface area contributed by atoms with E-state index in [4.69, 9.17) is 4.74 Å². The Balaban J connectivity index is 0.00000364. The van der Waals surface area contributed by atoms with Gasteiger partial charge in [-0.2, -0.15) is 0 Å². The summed E-state index contributed by atoms with van der Waals surface area (Å²) < 4.78 is 5.56. The van der Waals surface area contributed by atoms with Gasteiger partial charge in [-0.1, -0.05) is 12.8 Å². The summed E-state index contributed by atoms with van der Waals surface area (Å²) in [5, 5.41) is 9.26. The minimum Gasteiger partial charge on any atom is -0.382 e. The van der Waals surface area contributed by atoms with Crippen LogP contribution in [0.3, 0.4) is 0 Å². The fourth-order valence-electron chi connectivity index (χ4n) is 3.37. The van der Waals surface area contributed by atoms with Gasteiger partial charge in [0.2, 0.25) is 5.91 Å². The number of carbonyl (C=O) groups excluding carboxylic acids is 1. The van der Waals surface area contributed by atoms with Crippen LogP contribution in [0.25, 0.3) is 0 Å². The van der Waals surface area contributed by atoms with E-state index < -0.39 is 0 Å². The van der Waals surface area contributed by atoms with E-state index in [1.54, 1.807) is 31.6 Å². The van der Waals surface area contributed by atoms with Gasteiger partial charge >= 0.3 is 0 Å². The fourth-order valence-corrected chi connectivity index (χ4v) is 3.37. The quantitative estimate of drug-likeness (QED) is 0.215. The summed E-state index contributed by atoms with van der Waals surface area (Å²) in [5.74, 6) is 0.516. The molecule has 0 bridgehead atoms. The number of aliphatic imine (C=N–C) groups is 1. The Morgan fingerprint density at radius 3 is 2.74 bits per heavy atom. The first kappa shape index (κ1) is 23.6. The van der Waals surface area contributed by atoms with Crippen molar-refractivity contribution in [1.29, 1.82) is 0 Å². The molecule has 0 unspecified atom stereocenters. The van der Waals surface area contributed by atoms with Crippen molar-refractivity contribution >= 4 is 41.5 Å². The van der Waals surface area contributed by atoms with Gasteiger partial charge in [0, 0.05) is 33.0 Å².